The van der Waals surface area contributed by atoms with Crippen molar-refractivity contribution < 1.29 is 25.2 Å². The zero-order valence-electron chi connectivity index (χ0n) is 7.04. The van der Waals surface area contributed by atoms with Crippen LogP contribution in [0.2, 0.25) is 0 Å². The monoisotopic (exact) mass is 166 g/mol. The van der Waals surface area contributed by atoms with E-state index in [1.54, 1.807) is 0 Å². The first-order chi connectivity index (χ1) is 5.57. The Kier molecular flexibility index (Phi) is 2.06. The van der Waals surface area contributed by atoms with Crippen LogP contribution in [0, 0.1) is 0 Å². The number of hydrogen-bond acceptors (Lipinski definition) is 5. The molecule has 1 saturated heterocycles. The standard InChI is InChI=1S/C6H12O5/c1-2-3(7)4(8)5(9)6(10)11-2/h2-10H,1H3/t2?,3-,4+,5?,6+/m0/s1/i10T. The van der Waals surface area contributed by atoms with Crippen LogP contribution in [0.4, 0.5) is 0 Å². The summed E-state index contributed by atoms with van der Waals surface area (Å²) in [6, 6.07) is 0. The lowest BCUT2D eigenvalue weighted by Gasteiger charge is -2.36. The van der Waals surface area contributed by atoms with Crippen molar-refractivity contribution in [1.82, 2.24) is 0 Å². The molecule has 1 fully saturated rings. The molecule has 1 aliphatic rings. The second kappa shape index (κ2) is 3.04. The summed E-state index contributed by atoms with van der Waals surface area (Å²) in [5, 5.41) is 31.5. The van der Waals surface area contributed by atoms with Crippen LogP contribution >= 0.6 is 0 Å². The summed E-state index contributed by atoms with van der Waals surface area (Å²) in [7, 11) is 0. The molecule has 0 aliphatic carbocycles. The van der Waals surface area contributed by atoms with Crippen LogP contribution in [-0.2, 0) is 4.74 Å². The number of rotatable bonds is 1. The molecule has 0 aromatic carbocycles. The van der Waals surface area contributed by atoms with E-state index in [4.69, 9.17) is 11.3 Å². The normalized spacial score (nSPS) is 53.8. The predicted molar refractivity (Wildman–Crippen MR) is 34.6 cm³/mol. The van der Waals surface area contributed by atoms with Gasteiger partial charge in [-0.3, -0.25) is 0 Å². The number of aliphatic hydroxyl groups excluding tert-OH is 4. The SMILES string of the molecule is [3H]O[C@@H]1OC(C)[C@H](O)[C@@H](O)C1O. The third-order valence-corrected chi connectivity index (χ3v) is 1.81. The molecule has 0 aromatic heterocycles. The first-order valence-corrected chi connectivity index (χ1v) is 3.39. The van der Waals surface area contributed by atoms with E-state index in [0.29, 0.717) is 0 Å². The van der Waals surface area contributed by atoms with Crippen molar-refractivity contribution in [3.05, 3.63) is 0 Å². The molecule has 0 saturated carbocycles. The van der Waals surface area contributed by atoms with Gasteiger partial charge in [0.1, 0.15) is 18.3 Å². The highest BCUT2D eigenvalue weighted by molar-refractivity contribution is 4.86. The lowest BCUT2D eigenvalue weighted by atomic mass is 10.0. The topological polar surface area (TPSA) is 90.2 Å². The van der Waals surface area contributed by atoms with Crippen LogP contribution in [0.5, 0.6) is 0 Å². The maximum Gasteiger partial charge on any atom is 0.213 e. The van der Waals surface area contributed by atoms with Crippen LogP contribution in [0.25, 0.3) is 0 Å². The van der Waals surface area contributed by atoms with Crippen molar-refractivity contribution in [3.8, 4) is 0 Å². The third-order valence-electron chi connectivity index (χ3n) is 1.81. The molecular weight excluding hydrogens is 152 g/mol. The summed E-state index contributed by atoms with van der Waals surface area (Å²) in [5.41, 5.74) is 0. The Balaban J connectivity index is 2.63. The summed E-state index contributed by atoms with van der Waals surface area (Å²) in [5.74, 6) is 0. The molecule has 4 N–H and O–H groups in total. The number of aliphatic hydroxyl groups is 4. The van der Waals surface area contributed by atoms with Gasteiger partial charge in [-0.1, -0.05) is 0 Å². The zero-order valence-corrected chi connectivity index (χ0v) is 6.04. The van der Waals surface area contributed by atoms with Gasteiger partial charge in [0, 0.05) is 0 Å². The first-order valence-electron chi connectivity index (χ1n) is 3.80. The van der Waals surface area contributed by atoms with Crippen LogP contribution in [-0.4, -0.2) is 52.6 Å². The fourth-order valence-electron chi connectivity index (χ4n) is 1.01. The van der Waals surface area contributed by atoms with Gasteiger partial charge in [0.2, 0.25) is 1.43 Å². The van der Waals surface area contributed by atoms with Gasteiger partial charge in [0.15, 0.2) is 6.29 Å². The second-order valence-electron chi connectivity index (χ2n) is 2.68. The average Bonchev–Trinajstić information content (AvgIpc) is 2.08. The summed E-state index contributed by atoms with van der Waals surface area (Å²) in [6.07, 6.45) is -5.71. The van der Waals surface area contributed by atoms with Crippen LogP contribution in [0.3, 0.4) is 0 Å². The Morgan fingerprint density at radius 1 is 1.18 bits per heavy atom. The van der Waals surface area contributed by atoms with Crippen molar-refractivity contribution in [2.75, 3.05) is 0 Å². The highest BCUT2D eigenvalue weighted by Crippen LogP contribution is 2.18. The molecular formula is C6H12O5. The Labute approximate surface area is 65.3 Å². The minimum atomic E-state index is -1.38. The minimum Gasteiger partial charge on any atom is -0.388 e. The van der Waals surface area contributed by atoms with Crippen LogP contribution in [0.1, 0.15) is 6.92 Å². The molecule has 66 valence electrons. The van der Waals surface area contributed by atoms with Gasteiger partial charge in [0.25, 0.3) is 0 Å². The van der Waals surface area contributed by atoms with Crippen molar-refractivity contribution in [2.45, 2.75) is 37.6 Å². The lowest BCUT2D eigenvalue weighted by Crippen LogP contribution is -2.56. The molecule has 1 rings (SSSR count). The largest absolute Gasteiger partial charge is 0.388 e. The molecule has 1 heterocycles. The van der Waals surface area contributed by atoms with E-state index in [0.717, 1.165) is 0 Å². The Morgan fingerprint density at radius 2 is 1.82 bits per heavy atom. The number of ether oxygens (including phenoxy) is 1. The van der Waals surface area contributed by atoms with Crippen molar-refractivity contribution in [3.63, 3.8) is 0 Å². The zero-order chi connectivity index (χ0) is 9.30. The minimum absolute atomic E-state index is 0.654. The molecule has 11 heavy (non-hydrogen) atoms. The highest BCUT2D eigenvalue weighted by atomic mass is 16.6. The van der Waals surface area contributed by atoms with Crippen LogP contribution < -0.4 is 0 Å². The molecule has 2 unspecified atom stereocenters. The summed E-state index contributed by atoms with van der Waals surface area (Å²) >= 11 is 0. The molecule has 0 bridgehead atoms. The average molecular weight is 166 g/mol. The van der Waals surface area contributed by atoms with Gasteiger partial charge in [-0.2, -0.15) is 0 Å². The van der Waals surface area contributed by atoms with Crippen molar-refractivity contribution in [1.29, 1.82) is 1.43 Å². The summed E-state index contributed by atoms with van der Waals surface area (Å²) in [4.78, 5) is 0. The predicted octanol–water partition coefficient (Wildman–Crippen LogP) is -2.19. The van der Waals surface area contributed by atoms with E-state index in [2.05, 4.69) is 5.11 Å². The second-order valence-corrected chi connectivity index (χ2v) is 2.68. The smallest absolute Gasteiger partial charge is 0.213 e. The van der Waals surface area contributed by atoms with Gasteiger partial charge in [-0.25, -0.2) is 0 Å². The molecule has 5 heteroatoms. The van der Waals surface area contributed by atoms with E-state index in [1.165, 1.54) is 6.92 Å². The molecule has 0 aromatic rings. The molecule has 1 aliphatic heterocycles. The maximum atomic E-state index is 9.18. The van der Waals surface area contributed by atoms with Gasteiger partial charge in [-0.05, 0) is 6.92 Å². The molecule has 0 spiro atoms. The lowest BCUT2D eigenvalue weighted by molar-refractivity contribution is -0.277. The Hall–Kier alpha value is -0.200. The molecule has 5 atom stereocenters. The van der Waals surface area contributed by atoms with E-state index in [1.807, 2.05) is 0 Å². The van der Waals surface area contributed by atoms with Crippen molar-refractivity contribution >= 4 is 0 Å². The van der Waals surface area contributed by atoms with Gasteiger partial charge in [-0.15, -0.1) is 0 Å². The van der Waals surface area contributed by atoms with Crippen molar-refractivity contribution in [2.24, 2.45) is 0 Å². The summed E-state index contributed by atoms with van der Waals surface area (Å²) in [6.45, 7) is 1.52. The van der Waals surface area contributed by atoms with E-state index in [-0.39, 0.29) is 0 Å². The Bertz CT molecular complexity index is 150. The van der Waals surface area contributed by atoms with E-state index in [9.17, 15) is 10.2 Å². The quantitative estimate of drug-likeness (QED) is 0.355. The third kappa shape index (κ3) is 1.52. The molecule has 5 nitrogen and oxygen atoms in total. The van der Waals surface area contributed by atoms with Gasteiger partial charge in [0.05, 0.1) is 6.10 Å². The van der Waals surface area contributed by atoms with Crippen LogP contribution in [0.15, 0.2) is 0 Å². The Morgan fingerprint density at radius 3 is 2.36 bits per heavy atom. The first kappa shape index (κ1) is 7.45. The molecule has 0 radical (unpaired) electrons. The summed E-state index contributed by atoms with van der Waals surface area (Å²) < 4.78 is 11.4. The van der Waals surface area contributed by atoms with E-state index < -0.39 is 30.7 Å². The molecule has 0 amide bonds. The van der Waals surface area contributed by atoms with E-state index >= 15 is 0 Å². The highest BCUT2D eigenvalue weighted by Gasteiger charge is 2.40. The fraction of sp³-hybridized carbons (Fsp3) is 1.00. The fourth-order valence-corrected chi connectivity index (χ4v) is 1.01. The van der Waals surface area contributed by atoms with Gasteiger partial charge >= 0.3 is 0 Å². The maximum absolute atomic E-state index is 9.18. The number of hydrogen-bond donors (Lipinski definition) is 4. The van der Waals surface area contributed by atoms with Gasteiger partial charge < -0.3 is 25.2 Å².